The van der Waals surface area contributed by atoms with E-state index in [4.69, 9.17) is 28.5 Å². The fraction of sp³-hybridized carbons (Fsp3) is 0. The first kappa shape index (κ1) is 13.6. The molecule has 3 rings (SSSR count). The van der Waals surface area contributed by atoms with Crippen molar-refractivity contribution in [1.82, 2.24) is 9.97 Å². The van der Waals surface area contributed by atoms with Crippen LogP contribution in [0, 0.1) is 11.3 Å². The molecule has 0 aliphatic carbocycles. The molecular weight excluding hydrogens is 307 g/mol. The van der Waals surface area contributed by atoms with Crippen molar-refractivity contribution in [3.05, 3.63) is 58.3 Å². The minimum absolute atomic E-state index is 0.447. The van der Waals surface area contributed by atoms with Crippen molar-refractivity contribution < 1.29 is 0 Å². The first-order valence-corrected chi connectivity index (χ1v) is 6.80. The Bertz CT molecular complexity index is 871. The van der Waals surface area contributed by atoms with Crippen molar-refractivity contribution in [2.75, 3.05) is 5.32 Å². The highest BCUT2D eigenvalue weighted by molar-refractivity contribution is 6.33. The molecule has 6 heteroatoms. The fourth-order valence-electron chi connectivity index (χ4n) is 1.94. The molecule has 0 unspecified atom stereocenters. The van der Waals surface area contributed by atoms with Crippen LogP contribution < -0.4 is 5.32 Å². The van der Waals surface area contributed by atoms with Gasteiger partial charge in [0.2, 0.25) is 0 Å². The predicted molar refractivity (Wildman–Crippen MR) is 84.0 cm³/mol. The molecule has 0 radical (unpaired) electrons. The van der Waals surface area contributed by atoms with E-state index in [0.29, 0.717) is 27.1 Å². The first-order valence-electron chi connectivity index (χ1n) is 6.04. The molecule has 21 heavy (non-hydrogen) atoms. The summed E-state index contributed by atoms with van der Waals surface area (Å²) in [7, 11) is 0. The molecule has 0 atom stereocenters. The lowest BCUT2D eigenvalue weighted by Crippen LogP contribution is -1.97. The van der Waals surface area contributed by atoms with Crippen LogP contribution in [0.4, 0.5) is 11.5 Å². The molecule has 0 fully saturated rings. The summed E-state index contributed by atoms with van der Waals surface area (Å²) in [6.45, 7) is 0. The molecule has 0 saturated carbocycles. The summed E-state index contributed by atoms with van der Waals surface area (Å²) in [4.78, 5) is 8.41. The predicted octanol–water partition coefficient (Wildman–Crippen LogP) is 4.55. The van der Waals surface area contributed by atoms with Crippen molar-refractivity contribution in [2.45, 2.75) is 0 Å². The molecule has 2 aromatic carbocycles. The number of hydrogen-bond donors (Lipinski definition) is 1. The molecule has 0 bridgehead atoms. The van der Waals surface area contributed by atoms with Gasteiger partial charge < -0.3 is 5.32 Å². The van der Waals surface area contributed by atoms with Gasteiger partial charge in [0.25, 0.3) is 0 Å². The summed E-state index contributed by atoms with van der Waals surface area (Å²) in [6.07, 6.45) is 1.47. The number of fused-ring (bicyclic) bond motifs is 1. The van der Waals surface area contributed by atoms with Crippen molar-refractivity contribution >= 4 is 45.6 Å². The van der Waals surface area contributed by atoms with Crippen LogP contribution in [0.15, 0.2) is 42.7 Å². The molecule has 0 saturated heterocycles. The number of hydrogen-bond acceptors (Lipinski definition) is 4. The van der Waals surface area contributed by atoms with Crippen LogP contribution in [0.5, 0.6) is 0 Å². The zero-order valence-corrected chi connectivity index (χ0v) is 12.2. The van der Waals surface area contributed by atoms with Gasteiger partial charge in [-0.3, -0.25) is 0 Å². The minimum atomic E-state index is 0.447. The average Bonchev–Trinajstić information content (AvgIpc) is 2.49. The molecule has 1 heterocycles. The van der Waals surface area contributed by atoms with Gasteiger partial charge >= 0.3 is 0 Å². The Kier molecular flexibility index (Phi) is 3.61. The third kappa shape index (κ3) is 2.75. The first-order chi connectivity index (χ1) is 10.2. The number of benzene rings is 2. The summed E-state index contributed by atoms with van der Waals surface area (Å²) in [5.41, 5.74) is 1.94. The van der Waals surface area contributed by atoms with Gasteiger partial charge in [0.1, 0.15) is 12.1 Å². The van der Waals surface area contributed by atoms with Crippen molar-refractivity contribution in [3.8, 4) is 6.07 Å². The Balaban J connectivity index is 2.06. The van der Waals surface area contributed by atoms with Gasteiger partial charge in [-0.05, 0) is 36.4 Å². The lowest BCUT2D eigenvalue weighted by Gasteiger charge is -2.10. The third-order valence-electron chi connectivity index (χ3n) is 2.95. The smallest absolute Gasteiger partial charge is 0.141 e. The summed E-state index contributed by atoms with van der Waals surface area (Å²) < 4.78 is 0. The highest BCUT2D eigenvalue weighted by Gasteiger charge is 2.07. The Morgan fingerprint density at radius 2 is 1.90 bits per heavy atom. The Morgan fingerprint density at radius 3 is 2.67 bits per heavy atom. The maximum absolute atomic E-state index is 8.85. The fourth-order valence-corrected chi connectivity index (χ4v) is 2.34. The normalized spacial score (nSPS) is 10.3. The van der Waals surface area contributed by atoms with Gasteiger partial charge in [-0.2, -0.15) is 5.26 Å². The van der Waals surface area contributed by atoms with Crippen LogP contribution in [-0.2, 0) is 0 Å². The van der Waals surface area contributed by atoms with Gasteiger partial charge in [0.05, 0.1) is 27.9 Å². The Labute approximate surface area is 131 Å². The summed E-state index contributed by atoms with van der Waals surface area (Å²) in [5.74, 6) is 0.606. The molecule has 0 amide bonds. The zero-order chi connectivity index (χ0) is 14.8. The topological polar surface area (TPSA) is 61.6 Å². The van der Waals surface area contributed by atoms with Crippen LogP contribution in [0.25, 0.3) is 10.9 Å². The summed E-state index contributed by atoms with van der Waals surface area (Å²) in [5, 5.41) is 13.8. The maximum Gasteiger partial charge on any atom is 0.141 e. The highest BCUT2D eigenvalue weighted by Crippen LogP contribution is 2.29. The van der Waals surface area contributed by atoms with Crippen LogP contribution in [0.2, 0.25) is 10.0 Å². The highest BCUT2D eigenvalue weighted by atomic mass is 35.5. The van der Waals surface area contributed by atoms with Crippen LogP contribution in [0.3, 0.4) is 0 Å². The number of nitriles is 1. The number of anilines is 2. The van der Waals surface area contributed by atoms with Crippen LogP contribution >= 0.6 is 23.2 Å². The second kappa shape index (κ2) is 5.57. The molecule has 1 N–H and O–H groups in total. The third-order valence-corrected chi connectivity index (χ3v) is 3.50. The molecule has 102 valence electrons. The molecule has 0 aliphatic heterocycles. The van der Waals surface area contributed by atoms with E-state index in [-0.39, 0.29) is 0 Å². The Morgan fingerprint density at radius 1 is 1.05 bits per heavy atom. The SMILES string of the molecule is N#Cc1ccc(Nc2ncnc3ccc(Cl)cc23)c(Cl)c1. The average molecular weight is 315 g/mol. The minimum Gasteiger partial charge on any atom is -0.338 e. The van der Waals surface area contributed by atoms with E-state index < -0.39 is 0 Å². The second-order valence-electron chi connectivity index (χ2n) is 4.32. The standard InChI is InChI=1S/C15H8Cl2N4/c16-10-2-4-13-11(6-10)15(20-8-19-13)21-14-3-1-9(7-18)5-12(14)17/h1-6,8H,(H,19,20,21). The van der Waals surface area contributed by atoms with Crippen molar-refractivity contribution in [2.24, 2.45) is 0 Å². The van der Waals surface area contributed by atoms with Gasteiger partial charge in [-0.1, -0.05) is 23.2 Å². The molecule has 0 spiro atoms. The zero-order valence-electron chi connectivity index (χ0n) is 10.6. The Hall–Kier alpha value is -2.35. The lowest BCUT2D eigenvalue weighted by atomic mass is 10.2. The second-order valence-corrected chi connectivity index (χ2v) is 5.16. The summed E-state index contributed by atoms with van der Waals surface area (Å²) in [6, 6.07) is 12.4. The van der Waals surface area contributed by atoms with E-state index in [1.165, 1.54) is 6.33 Å². The number of halogens is 2. The van der Waals surface area contributed by atoms with Crippen molar-refractivity contribution in [3.63, 3.8) is 0 Å². The molecule has 1 aromatic heterocycles. The van der Waals surface area contributed by atoms with E-state index >= 15 is 0 Å². The van der Waals surface area contributed by atoms with E-state index in [2.05, 4.69) is 15.3 Å². The molecule has 4 nitrogen and oxygen atoms in total. The van der Waals surface area contributed by atoms with E-state index in [1.54, 1.807) is 30.3 Å². The van der Waals surface area contributed by atoms with Gasteiger partial charge in [-0.15, -0.1) is 0 Å². The number of rotatable bonds is 2. The number of aromatic nitrogens is 2. The van der Waals surface area contributed by atoms with E-state index in [1.807, 2.05) is 12.1 Å². The van der Waals surface area contributed by atoms with Crippen LogP contribution in [-0.4, -0.2) is 9.97 Å². The largest absolute Gasteiger partial charge is 0.338 e. The maximum atomic E-state index is 8.85. The molecule has 0 aliphatic rings. The number of nitrogens with zero attached hydrogens (tertiary/aromatic N) is 3. The van der Waals surface area contributed by atoms with Crippen molar-refractivity contribution in [1.29, 1.82) is 5.26 Å². The van der Waals surface area contributed by atoms with E-state index in [9.17, 15) is 0 Å². The number of nitrogens with one attached hydrogen (secondary N) is 1. The monoisotopic (exact) mass is 314 g/mol. The van der Waals surface area contributed by atoms with E-state index in [0.717, 1.165) is 10.9 Å². The molecular formula is C15H8Cl2N4. The van der Waals surface area contributed by atoms with Gasteiger partial charge in [0.15, 0.2) is 0 Å². The van der Waals surface area contributed by atoms with Gasteiger partial charge in [-0.25, -0.2) is 9.97 Å². The quantitative estimate of drug-likeness (QED) is 0.753. The summed E-state index contributed by atoms with van der Waals surface area (Å²) >= 11 is 12.2. The lowest BCUT2D eigenvalue weighted by molar-refractivity contribution is 1.22. The van der Waals surface area contributed by atoms with Crippen LogP contribution in [0.1, 0.15) is 5.56 Å². The molecule has 3 aromatic rings. The van der Waals surface area contributed by atoms with Gasteiger partial charge in [0, 0.05) is 10.4 Å².